The molecule has 3 heteroatoms. The van der Waals surface area contributed by atoms with Crippen molar-refractivity contribution in [2.45, 2.75) is 32.1 Å². The highest BCUT2D eigenvalue weighted by Crippen LogP contribution is 2.25. The number of carbonyl (C=O) groups is 1. The molecule has 0 atom stereocenters. The number of hydrogen-bond donors (Lipinski definition) is 0. The molecular weight excluding hydrogens is 200 g/mol. The van der Waals surface area contributed by atoms with E-state index in [-0.39, 0.29) is 0 Å². The van der Waals surface area contributed by atoms with Crippen LogP contribution in [-0.2, 0) is 4.79 Å². The number of ketones is 1. The van der Waals surface area contributed by atoms with E-state index >= 15 is 0 Å². The van der Waals surface area contributed by atoms with E-state index in [4.69, 9.17) is 0 Å². The second kappa shape index (κ2) is 5.78. The van der Waals surface area contributed by atoms with Crippen LogP contribution in [-0.4, -0.2) is 55.4 Å². The summed E-state index contributed by atoms with van der Waals surface area (Å²) in [6, 6.07) is 0. The van der Waals surface area contributed by atoms with E-state index in [0.29, 0.717) is 18.2 Å². The van der Waals surface area contributed by atoms with Crippen LogP contribution in [0.25, 0.3) is 0 Å². The lowest BCUT2D eigenvalue weighted by Crippen LogP contribution is -2.35. The van der Waals surface area contributed by atoms with E-state index in [9.17, 15) is 4.79 Å². The summed E-state index contributed by atoms with van der Waals surface area (Å²) < 4.78 is 0. The maximum atomic E-state index is 12.1. The van der Waals surface area contributed by atoms with E-state index < -0.39 is 0 Å². The fraction of sp³-hybridized carbons (Fsp3) is 0.923. The molecule has 0 N–H and O–H groups in total. The minimum absolute atomic E-state index is 0.390. The summed E-state index contributed by atoms with van der Waals surface area (Å²) >= 11 is 0. The van der Waals surface area contributed by atoms with Gasteiger partial charge < -0.3 is 4.90 Å². The van der Waals surface area contributed by atoms with Gasteiger partial charge in [-0.3, -0.25) is 9.69 Å². The van der Waals surface area contributed by atoms with E-state index in [2.05, 4.69) is 16.8 Å². The van der Waals surface area contributed by atoms with Gasteiger partial charge in [0.15, 0.2) is 0 Å². The largest absolute Gasteiger partial charge is 0.305 e. The third kappa shape index (κ3) is 3.29. The Morgan fingerprint density at radius 3 is 2.56 bits per heavy atom. The van der Waals surface area contributed by atoms with Gasteiger partial charge in [-0.1, -0.05) is 12.8 Å². The fourth-order valence-corrected chi connectivity index (χ4v) is 2.86. The monoisotopic (exact) mass is 224 g/mol. The van der Waals surface area contributed by atoms with Crippen molar-refractivity contribution in [1.82, 2.24) is 9.80 Å². The Labute approximate surface area is 98.8 Å². The average Bonchev–Trinajstić information content (AvgIpc) is 2.72. The lowest BCUT2D eigenvalue weighted by atomic mass is 10.0. The first kappa shape index (κ1) is 12.1. The summed E-state index contributed by atoms with van der Waals surface area (Å²) in [6.45, 7) is 5.16. The van der Waals surface area contributed by atoms with Gasteiger partial charge in [0.2, 0.25) is 0 Å². The minimum atomic E-state index is 0.390. The highest BCUT2D eigenvalue weighted by Gasteiger charge is 2.24. The lowest BCUT2D eigenvalue weighted by molar-refractivity contribution is -0.123. The van der Waals surface area contributed by atoms with E-state index in [1.807, 2.05) is 0 Å². The average molecular weight is 224 g/mol. The van der Waals surface area contributed by atoms with Gasteiger partial charge in [0.25, 0.3) is 0 Å². The number of nitrogens with zero attached hydrogens (tertiary/aromatic N) is 2. The van der Waals surface area contributed by atoms with Crippen LogP contribution in [0.4, 0.5) is 0 Å². The fourth-order valence-electron chi connectivity index (χ4n) is 2.86. The Balaban J connectivity index is 1.77. The molecule has 0 aromatic carbocycles. The summed E-state index contributed by atoms with van der Waals surface area (Å²) in [7, 11) is 2.17. The molecule has 2 aliphatic rings. The Kier molecular flexibility index (Phi) is 4.36. The van der Waals surface area contributed by atoms with Gasteiger partial charge >= 0.3 is 0 Å². The topological polar surface area (TPSA) is 23.6 Å². The molecule has 1 aliphatic carbocycles. The second-order valence-electron chi connectivity index (χ2n) is 5.38. The molecule has 1 saturated heterocycles. The molecule has 0 spiro atoms. The SMILES string of the molecule is CN1CCCN(CC(=O)C2CCCC2)CC1. The van der Waals surface area contributed by atoms with Gasteiger partial charge in [0.1, 0.15) is 5.78 Å². The molecule has 0 bridgehead atoms. The lowest BCUT2D eigenvalue weighted by Gasteiger charge is -2.20. The Morgan fingerprint density at radius 2 is 1.81 bits per heavy atom. The number of hydrogen-bond acceptors (Lipinski definition) is 3. The zero-order chi connectivity index (χ0) is 11.4. The Bertz CT molecular complexity index is 236. The second-order valence-corrected chi connectivity index (χ2v) is 5.38. The quantitative estimate of drug-likeness (QED) is 0.723. The number of rotatable bonds is 3. The summed E-state index contributed by atoms with van der Waals surface area (Å²) in [5, 5.41) is 0. The van der Waals surface area contributed by atoms with Crippen molar-refractivity contribution in [2.24, 2.45) is 5.92 Å². The molecule has 3 nitrogen and oxygen atoms in total. The van der Waals surface area contributed by atoms with Crippen LogP contribution in [0, 0.1) is 5.92 Å². The first-order valence-corrected chi connectivity index (χ1v) is 6.69. The molecular formula is C13H24N2O. The molecule has 2 rings (SSSR count). The maximum Gasteiger partial charge on any atom is 0.149 e. The molecule has 0 aromatic heterocycles. The van der Waals surface area contributed by atoms with Gasteiger partial charge in [-0.05, 0) is 39.4 Å². The van der Waals surface area contributed by atoms with E-state index in [0.717, 1.165) is 32.5 Å². The van der Waals surface area contributed by atoms with Gasteiger partial charge in [-0.15, -0.1) is 0 Å². The highest BCUT2D eigenvalue weighted by atomic mass is 16.1. The first-order valence-electron chi connectivity index (χ1n) is 6.69. The molecule has 0 radical (unpaired) electrons. The standard InChI is InChI=1S/C13H24N2O/c1-14-7-4-8-15(10-9-14)11-13(16)12-5-2-3-6-12/h12H,2-11H2,1H3. The van der Waals surface area contributed by atoms with E-state index in [1.165, 1.54) is 25.8 Å². The smallest absolute Gasteiger partial charge is 0.149 e. The molecule has 0 unspecified atom stereocenters. The van der Waals surface area contributed by atoms with Crippen molar-refractivity contribution in [3.8, 4) is 0 Å². The number of likely N-dealkylation sites (N-methyl/N-ethyl adjacent to an activating group) is 1. The van der Waals surface area contributed by atoms with Crippen molar-refractivity contribution < 1.29 is 4.79 Å². The molecule has 1 aliphatic heterocycles. The van der Waals surface area contributed by atoms with Crippen LogP contribution in [0.15, 0.2) is 0 Å². The van der Waals surface area contributed by atoms with Gasteiger partial charge in [0, 0.05) is 19.0 Å². The predicted octanol–water partition coefficient (Wildman–Crippen LogP) is 1.38. The van der Waals surface area contributed by atoms with Gasteiger partial charge in [0.05, 0.1) is 6.54 Å². The van der Waals surface area contributed by atoms with Crippen LogP contribution in [0.3, 0.4) is 0 Å². The first-order chi connectivity index (χ1) is 7.75. The van der Waals surface area contributed by atoms with Crippen molar-refractivity contribution in [2.75, 3.05) is 39.8 Å². The normalized spacial score (nSPS) is 25.8. The molecule has 0 aromatic rings. The van der Waals surface area contributed by atoms with Gasteiger partial charge in [-0.2, -0.15) is 0 Å². The van der Waals surface area contributed by atoms with Crippen LogP contribution >= 0.6 is 0 Å². The third-order valence-corrected chi connectivity index (χ3v) is 4.00. The number of Topliss-reactive ketones (excluding diaryl/α,β-unsaturated/α-hetero) is 1. The third-order valence-electron chi connectivity index (χ3n) is 4.00. The van der Waals surface area contributed by atoms with Crippen molar-refractivity contribution >= 4 is 5.78 Å². The van der Waals surface area contributed by atoms with Crippen LogP contribution in [0.2, 0.25) is 0 Å². The predicted molar refractivity (Wildman–Crippen MR) is 65.5 cm³/mol. The van der Waals surface area contributed by atoms with E-state index in [1.54, 1.807) is 0 Å². The zero-order valence-corrected chi connectivity index (χ0v) is 10.5. The summed E-state index contributed by atoms with van der Waals surface area (Å²) in [6.07, 6.45) is 6.02. The van der Waals surface area contributed by atoms with Crippen LogP contribution < -0.4 is 0 Å². The molecule has 2 fully saturated rings. The number of carbonyl (C=O) groups excluding carboxylic acids is 1. The highest BCUT2D eigenvalue weighted by molar-refractivity contribution is 5.83. The van der Waals surface area contributed by atoms with Crippen molar-refractivity contribution in [1.29, 1.82) is 0 Å². The summed E-state index contributed by atoms with van der Waals surface area (Å²) in [5.41, 5.74) is 0. The maximum absolute atomic E-state index is 12.1. The van der Waals surface area contributed by atoms with Crippen molar-refractivity contribution in [3.05, 3.63) is 0 Å². The molecule has 0 amide bonds. The molecule has 1 heterocycles. The van der Waals surface area contributed by atoms with Crippen LogP contribution in [0.1, 0.15) is 32.1 Å². The molecule has 1 saturated carbocycles. The summed E-state index contributed by atoms with van der Waals surface area (Å²) in [4.78, 5) is 16.8. The minimum Gasteiger partial charge on any atom is -0.305 e. The molecule has 92 valence electrons. The molecule has 16 heavy (non-hydrogen) atoms. The summed E-state index contributed by atoms with van der Waals surface area (Å²) in [5.74, 6) is 0.892. The van der Waals surface area contributed by atoms with Crippen molar-refractivity contribution in [3.63, 3.8) is 0 Å². The van der Waals surface area contributed by atoms with Crippen LogP contribution in [0.5, 0.6) is 0 Å². The zero-order valence-electron chi connectivity index (χ0n) is 10.5. The Morgan fingerprint density at radius 1 is 1.06 bits per heavy atom. The van der Waals surface area contributed by atoms with Gasteiger partial charge in [-0.25, -0.2) is 0 Å². The Hall–Kier alpha value is -0.410.